The minimum absolute atomic E-state index is 0.174. The van der Waals surface area contributed by atoms with E-state index in [1.807, 2.05) is 6.07 Å². The fraction of sp³-hybridized carbons (Fsp3) is 0.667. The molecule has 0 unspecified atom stereocenters. The van der Waals surface area contributed by atoms with E-state index in [4.69, 9.17) is 0 Å². The Hall–Kier alpha value is -1.65. The van der Waals surface area contributed by atoms with Gasteiger partial charge in [-0.3, -0.25) is 4.79 Å². The number of aromatic nitrogens is 2. The number of amides is 1. The molecule has 1 fully saturated rings. The van der Waals surface area contributed by atoms with Gasteiger partial charge in [-0.2, -0.15) is 0 Å². The average Bonchev–Trinajstić information content (AvgIpc) is 2.47. The van der Waals surface area contributed by atoms with Gasteiger partial charge in [-0.05, 0) is 31.6 Å². The zero-order valence-electron chi connectivity index (χ0n) is 12.5. The minimum atomic E-state index is 0.174. The number of carbonyl (C=O) groups excluding carboxylic acids is 1. The highest BCUT2D eigenvalue weighted by Gasteiger charge is 2.25. The van der Waals surface area contributed by atoms with Crippen molar-refractivity contribution in [2.75, 3.05) is 12.4 Å². The maximum atomic E-state index is 11.6. The summed E-state index contributed by atoms with van der Waals surface area (Å²) in [6, 6.07) is 2.43. The quantitative estimate of drug-likeness (QED) is 0.885. The highest BCUT2D eigenvalue weighted by molar-refractivity contribution is 5.78. The SMILES string of the molecule is CNC(=O)[C@H]1CC[C@@H](Nc2cc(C(C)C)ncn2)CC1. The van der Waals surface area contributed by atoms with E-state index >= 15 is 0 Å². The monoisotopic (exact) mass is 276 g/mol. The maximum Gasteiger partial charge on any atom is 0.222 e. The highest BCUT2D eigenvalue weighted by Crippen LogP contribution is 2.26. The van der Waals surface area contributed by atoms with E-state index in [1.54, 1.807) is 13.4 Å². The van der Waals surface area contributed by atoms with Gasteiger partial charge < -0.3 is 10.6 Å². The van der Waals surface area contributed by atoms with Gasteiger partial charge in [0.25, 0.3) is 0 Å². The van der Waals surface area contributed by atoms with E-state index < -0.39 is 0 Å². The first-order valence-corrected chi connectivity index (χ1v) is 7.40. The third kappa shape index (κ3) is 3.68. The highest BCUT2D eigenvalue weighted by atomic mass is 16.1. The van der Waals surface area contributed by atoms with Crippen LogP contribution in [0.5, 0.6) is 0 Å². The molecule has 110 valence electrons. The van der Waals surface area contributed by atoms with Crippen LogP contribution in [-0.4, -0.2) is 29.0 Å². The summed E-state index contributed by atoms with van der Waals surface area (Å²) in [5.74, 6) is 1.65. The van der Waals surface area contributed by atoms with Gasteiger partial charge >= 0.3 is 0 Å². The standard InChI is InChI=1S/C15H24N4O/c1-10(2)13-8-14(18-9-17-13)19-12-6-4-11(5-7-12)15(20)16-3/h8-12H,4-7H2,1-3H3,(H,16,20)(H,17,18,19)/t11-,12+. The molecule has 5 nitrogen and oxygen atoms in total. The van der Waals surface area contributed by atoms with Crippen LogP contribution in [0.15, 0.2) is 12.4 Å². The lowest BCUT2D eigenvalue weighted by atomic mass is 9.85. The molecular weight excluding hydrogens is 252 g/mol. The van der Waals surface area contributed by atoms with Gasteiger partial charge in [0, 0.05) is 30.8 Å². The van der Waals surface area contributed by atoms with Gasteiger partial charge in [0.15, 0.2) is 0 Å². The molecule has 1 aliphatic carbocycles. The third-order valence-electron chi connectivity index (χ3n) is 3.98. The Morgan fingerprint density at radius 1 is 1.25 bits per heavy atom. The summed E-state index contributed by atoms with van der Waals surface area (Å²) >= 11 is 0. The van der Waals surface area contributed by atoms with Gasteiger partial charge in [0.1, 0.15) is 12.1 Å². The van der Waals surface area contributed by atoms with Crippen molar-refractivity contribution in [2.24, 2.45) is 5.92 Å². The smallest absolute Gasteiger partial charge is 0.222 e. The molecule has 1 aromatic heterocycles. The van der Waals surface area contributed by atoms with Crippen LogP contribution in [0.3, 0.4) is 0 Å². The zero-order valence-corrected chi connectivity index (χ0v) is 12.5. The maximum absolute atomic E-state index is 11.6. The normalized spacial score (nSPS) is 22.6. The summed E-state index contributed by atoms with van der Waals surface area (Å²) in [5, 5.41) is 6.21. The molecule has 0 radical (unpaired) electrons. The molecule has 1 heterocycles. The van der Waals surface area contributed by atoms with E-state index in [9.17, 15) is 4.79 Å². The number of nitrogens with zero attached hydrogens (tertiary/aromatic N) is 2. The fourth-order valence-corrected chi connectivity index (χ4v) is 2.68. The van der Waals surface area contributed by atoms with Crippen molar-refractivity contribution in [1.82, 2.24) is 15.3 Å². The van der Waals surface area contributed by atoms with E-state index in [1.165, 1.54) is 0 Å². The molecule has 2 rings (SSSR count). The summed E-state index contributed by atoms with van der Waals surface area (Å²) in [6.07, 6.45) is 5.53. The number of carbonyl (C=O) groups is 1. The first kappa shape index (κ1) is 14.8. The van der Waals surface area contributed by atoms with Crippen LogP contribution >= 0.6 is 0 Å². The molecule has 0 atom stereocenters. The van der Waals surface area contributed by atoms with Gasteiger partial charge in [-0.1, -0.05) is 13.8 Å². The van der Waals surface area contributed by atoms with E-state index in [2.05, 4.69) is 34.4 Å². The number of hydrogen-bond donors (Lipinski definition) is 2. The predicted octanol–water partition coefficient (Wildman–Crippen LogP) is 2.32. The molecule has 0 aromatic carbocycles. The number of nitrogens with one attached hydrogen (secondary N) is 2. The summed E-state index contributed by atoms with van der Waals surface area (Å²) < 4.78 is 0. The van der Waals surface area contributed by atoms with Crippen LogP contribution in [-0.2, 0) is 4.79 Å². The predicted molar refractivity (Wildman–Crippen MR) is 79.6 cm³/mol. The molecule has 1 aliphatic rings. The Kier molecular flexibility index (Phi) is 4.93. The van der Waals surface area contributed by atoms with E-state index in [0.717, 1.165) is 37.2 Å². The molecule has 2 N–H and O–H groups in total. The van der Waals surface area contributed by atoms with Gasteiger partial charge in [0.2, 0.25) is 5.91 Å². The van der Waals surface area contributed by atoms with Gasteiger partial charge in [0.05, 0.1) is 0 Å². The van der Waals surface area contributed by atoms with Crippen molar-refractivity contribution < 1.29 is 4.79 Å². The van der Waals surface area contributed by atoms with Crippen molar-refractivity contribution in [2.45, 2.75) is 51.5 Å². The lowest BCUT2D eigenvalue weighted by molar-refractivity contribution is -0.125. The zero-order chi connectivity index (χ0) is 14.5. The van der Waals surface area contributed by atoms with Crippen LogP contribution < -0.4 is 10.6 Å². The van der Waals surface area contributed by atoms with Crippen LogP contribution in [0.25, 0.3) is 0 Å². The lowest BCUT2D eigenvalue weighted by Crippen LogP contribution is -2.34. The van der Waals surface area contributed by atoms with Crippen LogP contribution in [0.2, 0.25) is 0 Å². The van der Waals surface area contributed by atoms with Crippen molar-refractivity contribution in [3.8, 4) is 0 Å². The summed E-state index contributed by atoms with van der Waals surface area (Å²) in [5.41, 5.74) is 1.06. The molecule has 0 saturated heterocycles. The second kappa shape index (κ2) is 6.68. The summed E-state index contributed by atoms with van der Waals surface area (Å²) in [4.78, 5) is 20.2. The van der Waals surface area contributed by atoms with Crippen molar-refractivity contribution >= 4 is 11.7 Å². The first-order valence-electron chi connectivity index (χ1n) is 7.40. The second-order valence-corrected chi connectivity index (χ2v) is 5.79. The summed E-state index contributed by atoms with van der Waals surface area (Å²) in [7, 11) is 1.71. The van der Waals surface area contributed by atoms with E-state index in [-0.39, 0.29) is 11.8 Å². The molecule has 5 heteroatoms. The van der Waals surface area contributed by atoms with Crippen LogP contribution in [0.4, 0.5) is 5.82 Å². The lowest BCUT2D eigenvalue weighted by Gasteiger charge is -2.28. The van der Waals surface area contributed by atoms with Crippen LogP contribution in [0, 0.1) is 5.92 Å². The van der Waals surface area contributed by atoms with Crippen LogP contribution in [0.1, 0.15) is 51.1 Å². The molecular formula is C15H24N4O. The summed E-state index contributed by atoms with van der Waals surface area (Å²) in [6.45, 7) is 4.25. The Morgan fingerprint density at radius 3 is 2.55 bits per heavy atom. The Balaban J connectivity index is 1.89. The molecule has 20 heavy (non-hydrogen) atoms. The average molecular weight is 276 g/mol. The van der Waals surface area contributed by atoms with E-state index in [0.29, 0.717) is 12.0 Å². The third-order valence-corrected chi connectivity index (χ3v) is 3.98. The molecule has 1 aromatic rings. The number of hydrogen-bond acceptors (Lipinski definition) is 4. The molecule has 1 amide bonds. The van der Waals surface area contributed by atoms with Crippen molar-refractivity contribution in [3.63, 3.8) is 0 Å². The van der Waals surface area contributed by atoms with Gasteiger partial charge in [-0.25, -0.2) is 9.97 Å². The Bertz CT molecular complexity index is 453. The minimum Gasteiger partial charge on any atom is -0.367 e. The number of rotatable bonds is 4. The second-order valence-electron chi connectivity index (χ2n) is 5.79. The Labute approximate surface area is 120 Å². The van der Waals surface area contributed by atoms with Crippen molar-refractivity contribution in [3.05, 3.63) is 18.1 Å². The topological polar surface area (TPSA) is 66.9 Å². The first-order chi connectivity index (χ1) is 9.60. The van der Waals surface area contributed by atoms with Crippen molar-refractivity contribution in [1.29, 1.82) is 0 Å². The largest absolute Gasteiger partial charge is 0.367 e. The molecule has 0 aliphatic heterocycles. The van der Waals surface area contributed by atoms with Gasteiger partial charge in [-0.15, -0.1) is 0 Å². The Morgan fingerprint density at radius 2 is 1.95 bits per heavy atom. The number of anilines is 1. The molecule has 0 spiro atoms. The fourth-order valence-electron chi connectivity index (χ4n) is 2.68. The molecule has 1 saturated carbocycles. The molecule has 0 bridgehead atoms.